The number of benzene rings is 1. The Morgan fingerprint density at radius 2 is 1.73 bits per heavy atom. The number of aromatic nitrogens is 2. The molecule has 0 aliphatic heterocycles. The Hall–Kier alpha value is -2.29. The van der Waals surface area contributed by atoms with Crippen LogP contribution in [-0.2, 0) is 25.8 Å². The molecule has 0 aliphatic carbocycles. The second-order valence-corrected chi connectivity index (χ2v) is 19.7. The monoisotopic (exact) mass is 628 g/mol. The van der Waals surface area contributed by atoms with Crippen molar-refractivity contribution in [1.82, 2.24) is 9.55 Å². The van der Waals surface area contributed by atoms with Gasteiger partial charge in [0.1, 0.15) is 11.6 Å². The Bertz CT molecular complexity index is 1290. The summed E-state index contributed by atoms with van der Waals surface area (Å²) < 4.78 is 13.8. The molecule has 1 N–H and O–H groups in total. The highest BCUT2D eigenvalue weighted by atomic mass is 28.4. The van der Waals surface area contributed by atoms with Crippen molar-refractivity contribution < 1.29 is 23.9 Å². The SMILES string of the molecule is COC(=O)C[C@H](O[Si](C)(C)C(C)(C)C)C(C)(C)C(=O)C(C)[C@@H](C)C(C)CCC/C=C\CC(O)c1ccc2c(c1)nc(C)n2C. The minimum absolute atomic E-state index is 0.0480. The van der Waals surface area contributed by atoms with Crippen LogP contribution < -0.4 is 0 Å². The summed E-state index contributed by atoms with van der Waals surface area (Å²) in [4.78, 5) is 30.9. The van der Waals surface area contributed by atoms with Crippen LogP contribution in [0.2, 0.25) is 18.1 Å². The number of aliphatic hydroxyl groups excluding tert-OH is 1. The largest absolute Gasteiger partial charge is 0.469 e. The normalized spacial score (nSPS) is 16.6. The summed E-state index contributed by atoms with van der Waals surface area (Å²) in [6.45, 7) is 23.1. The molecule has 0 spiro atoms. The second kappa shape index (κ2) is 15.3. The van der Waals surface area contributed by atoms with E-state index in [2.05, 4.69) is 69.4 Å². The number of hydrogen-bond donors (Lipinski definition) is 1. The van der Waals surface area contributed by atoms with Gasteiger partial charge in [-0.3, -0.25) is 9.59 Å². The number of ketones is 1. The van der Waals surface area contributed by atoms with Crippen LogP contribution in [0.4, 0.5) is 0 Å². The number of nitrogens with zero attached hydrogens (tertiary/aromatic N) is 2. The highest BCUT2D eigenvalue weighted by Crippen LogP contribution is 2.42. The zero-order chi connectivity index (χ0) is 33.6. The third-order valence-corrected chi connectivity index (χ3v) is 14.9. The molecule has 0 amide bonds. The van der Waals surface area contributed by atoms with Crippen molar-refractivity contribution in [3.8, 4) is 0 Å². The van der Waals surface area contributed by atoms with Gasteiger partial charge < -0.3 is 18.8 Å². The number of Topliss-reactive ketones (excluding diaryl/α,β-unsaturated/α-hetero) is 1. The van der Waals surface area contributed by atoms with Crippen LogP contribution >= 0.6 is 0 Å². The summed E-state index contributed by atoms with van der Waals surface area (Å²) in [5.41, 5.74) is 2.03. The van der Waals surface area contributed by atoms with Gasteiger partial charge in [0.05, 0.1) is 36.8 Å². The van der Waals surface area contributed by atoms with Crippen LogP contribution in [0, 0.1) is 30.1 Å². The van der Waals surface area contributed by atoms with E-state index in [4.69, 9.17) is 9.16 Å². The molecule has 1 aromatic heterocycles. The van der Waals surface area contributed by atoms with Gasteiger partial charge in [-0.25, -0.2) is 4.98 Å². The number of carbonyl (C=O) groups is 2. The Balaban J connectivity index is 1.94. The Morgan fingerprint density at radius 3 is 2.32 bits per heavy atom. The maximum absolute atomic E-state index is 14.0. The van der Waals surface area contributed by atoms with Crippen molar-refractivity contribution in [3.05, 3.63) is 41.7 Å². The number of esters is 1. The van der Waals surface area contributed by atoms with Crippen LogP contribution in [-0.4, -0.2) is 47.9 Å². The molecule has 0 saturated carbocycles. The first-order valence-corrected chi connectivity index (χ1v) is 19.2. The third-order valence-electron chi connectivity index (χ3n) is 10.4. The average molecular weight is 629 g/mol. The Kier molecular flexibility index (Phi) is 13.2. The van der Waals surface area contributed by atoms with Gasteiger partial charge in [0, 0.05) is 18.4 Å². The van der Waals surface area contributed by atoms with Crippen molar-refractivity contribution in [3.63, 3.8) is 0 Å². The van der Waals surface area contributed by atoms with Crippen LogP contribution in [0.5, 0.6) is 0 Å². The number of carbonyl (C=O) groups excluding carboxylic acids is 2. The quantitative estimate of drug-likeness (QED) is 0.0868. The summed E-state index contributed by atoms with van der Waals surface area (Å²) in [6.07, 6.45) is 6.69. The van der Waals surface area contributed by atoms with E-state index in [1.807, 2.05) is 52.9 Å². The number of imidazole rings is 1. The molecule has 0 aliphatic rings. The van der Waals surface area contributed by atoms with E-state index < -0.39 is 25.9 Å². The van der Waals surface area contributed by atoms with E-state index >= 15 is 0 Å². The number of aryl methyl sites for hydroxylation is 2. The second-order valence-electron chi connectivity index (χ2n) is 15.0. The summed E-state index contributed by atoms with van der Waals surface area (Å²) in [5, 5.41) is 10.7. The van der Waals surface area contributed by atoms with Crippen LogP contribution in [0.1, 0.15) is 105 Å². The molecule has 5 atom stereocenters. The first kappa shape index (κ1) is 37.9. The van der Waals surface area contributed by atoms with E-state index in [-0.39, 0.29) is 35.0 Å². The standard InChI is InChI=1S/C36H60N2O5Si/c1-24(18-16-14-15-17-19-31(39)28-20-21-30-29(22-28)37-27(4)38(30)10)25(2)26(3)34(41)36(8,9)32(23-33(40)42-11)43-44(12,13)35(5,6)7/h15,17,20-22,24-26,31-32,39H,14,16,18-19,23H2,1-13H3/b17-15-/t24?,25-,26?,31?,32-/m0/s1. The number of fused-ring (bicyclic) bond motifs is 1. The minimum atomic E-state index is -2.24. The molecule has 0 fully saturated rings. The van der Waals surface area contributed by atoms with Crippen molar-refractivity contribution in [1.29, 1.82) is 0 Å². The van der Waals surface area contributed by atoms with E-state index in [9.17, 15) is 14.7 Å². The summed E-state index contributed by atoms with van der Waals surface area (Å²) in [5.74, 6) is 1.11. The molecule has 1 aromatic carbocycles. The number of rotatable bonds is 16. The fourth-order valence-corrected chi connectivity index (χ4v) is 6.98. The minimum Gasteiger partial charge on any atom is -0.469 e. The lowest BCUT2D eigenvalue weighted by Crippen LogP contribution is -2.52. The van der Waals surface area contributed by atoms with Crippen LogP contribution in [0.15, 0.2) is 30.4 Å². The predicted molar refractivity (Wildman–Crippen MR) is 183 cm³/mol. The fourth-order valence-electron chi connectivity index (χ4n) is 5.53. The number of ether oxygens (including phenoxy) is 1. The molecule has 2 rings (SSSR count). The Labute approximate surface area is 267 Å². The lowest BCUT2D eigenvalue weighted by atomic mass is 9.70. The molecule has 248 valence electrons. The lowest BCUT2D eigenvalue weighted by Gasteiger charge is -2.44. The first-order valence-electron chi connectivity index (χ1n) is 16.3. The molecule has 44 heavy (non-hydrogen) atoms. The summed E-state index contributed by atoms with van der Waals surface area (Å²) in [7, 11) is 1.14. The molecule has 3 unspecified atom stereocenters. The maximum atomic E-state index is 14.0. The van der Waals surface area contributed by atoms with Gasteiger partial charge in [0.15, 0.2) is 8.32 Å². The highest BCUT2D eigenvalue weighted by Gasteiger charge is 2.47. The van der Waals surface area contributed by atoms with Crippen molar-refractivity contribution >= 4 is 31.1 Å². The van der Waals surface area contributed by atoms with Crippen molar-refractivity contribution in [2.45, 2.75) is 125 Å². The number of hydrogen-bond acceptors (Lipinski definition) is 6. The molecular weight excluding hydrogens is 568 g/mol. The summed E-state index contributed by atoms with van der Waals surface area (Å²) in [6, 6.07) is 5.98. The molecule has 0 saturated heterocycles. The van der Waals surface area contributed by atoms with Gasteiger partial charge in [-0.2, -0.15) is 0 Å². The van der Waals surface area contributed by atoms with E-state index in [1.165, 1.54) is 7.11 Å². The van der Waals surface area contributed by atoms with Gasteiger partial charge in [0.25, 0.3) is 0 Å². The average Bonchev–Trinajstić information content (AvgIpc) is 3.24. The number of unbranched alkanes of at least 4 members (excludes halogenated alkanes) is 1. The molecule has 7 nitrogen and oxygen atoms in total. The number of methoxy groups -OCH3 is 1. The Morgan fingerprint density at radius 1 is 1.09 bits per heavy atom. The molecular formula is C36H60N2O5Si. The molecule has 2 aromatic rings. The van der Waals surface area contributed by atoms with Crippen LogP contribution in [0.25, 0.3) is 11.0 Å². The first-order chi connectivity index (χ1) is 20.2. The van der Waals surface area contributed by atoms with Crippen LogP contribution in [0.3, 0.4) is 0 Å². The van der Waals surface area contributed by atoms with Gasteiger partial charge in [-0.1, -0.05) is 80.0 Å². The van der Waals surface area contributed by atoms with Gasteiger partial charge in [-0.05, 0) is 73.9 Å². The zero-order valence-corrected chi connectivity index (χ0v) is 30.8. The third kappa shape index (κ3) is 9.36. The highest BCUT2D eigenvalue weighted by molar-refractivity contribution is 6.74. The number of aliphatic hydroxyl groups is 1. The van der Waals surface area contributed by atoms with E-state index in [0.717, 1.165) is 41.7 Å². The predicted octanol–water partition coefficient (Wildman–Crippen LogP) is 8.49. The van der Waals surface area contributed by atoms with Gasteiger partial charge in [0.2, 0.25) is 0 Å². The molecule has 8 heteroatoms. The molecule has 0 bridgehead atoms. The smallest absolute Gasteiger partial charge is 0.308 e. The van der Waals surface area contributed by atoms with Gasteiger partial charge in [-0.15, -0.1) is 0 Å². The van der Waals surface area contributed by atoms with Crippen molar-refractivity contribution in [2.75, 3.05) is 7.11 Å². The topological polar surface area (TPSA) is 90.7 Å². The molecule has 0 radical (unpaired) electrons. The molecule has 1 heterocycles. The number of allylic oxidation sites excluding steroid dienone is 1. The lowest BCUT2D eigenvalue weighted by molar-refractivity contribution is -0.147. The fraction of sp³-hybridized carbons (Fsp3) is 0.694. The summed E-state index contributed by atoms with van der Waals surface area (Å²) >= 11 is 0. The van der Waals surface area contributed by atoms with Crippen molar-refractivity contribution in [2.24, 2.45) is 30.2 Å². The van der Waals surface area contributed by atoms with Gasteiger partial charge >= 0.3 is 5.97 Å². The van der Waals surface area contributed by atoms with E-state index in [1.54, 1.807) is 0 Å². The van der Waals surface area contributed by atoms with E-state index in [0.29, 0.717) is 12.3 Å². The zero-order valence-electron chi connectivity index (χ0n) is 29.8. The maximum Gasteiger partial charge on any atom is 0.308 e.